The molecule has 0 unspecified atom stereocenters. The highest BCUT2D eigenvalue weighted by molar-refractivity contribution is 6.15. The van der Waals surface area contributed by atoms with Gasteiger partial charge in [0.25, 0.3) is 5.91 Å². The molecule has 3 amide bonds. The summed E-state index contributed by atoms with van der Waals surface area (Å²) in [6, 6.07) is 3.40. The molecule has 2 aliphatic heterocycles. The number of benzene rings is 1. The second-order valence-electron chi connectivity index (χ2n) is 6.84. The number of anilines is 1. The zero-order valence-electron chi connectivity index (χ0n) is 14.9. The fourth-order valence-electron chi connectivity index (χ4n) is 3.56. The van der Waals surface area contributed by atoms with Gasteiger partial charge in [-0.15, -0.1) is 0 Å². The molecule has 3 heterocycles. The molecule has 1 aromatic heterocycles. The molecule has 0 atom stereocenters. The van der Waals surface area contributed by atoms with Crippen LogP contribution in [0.3, 0.4) is 0 Å². The molecule has 2 aliphatic rings. The van der Waals surface area contributed by atoms with E-state index < -0.39 is 6.09 Å². The number of piperidine rings is 1. The number of likely N-dealkylation sites (tertiary alicyclic amines) is 1. The van der Waals surface area contributed by atoms with Gasteiger partial charge >= 0.3 is 6.09 Å². The number of carboxylic acid groups (broad SMARTS) is 1. The highest BCUT2D eigenvalue weighted by Gasteiger charge is 2.21. The minimum atomic E-state index is -0.905. The predicted octanol–water partition coefficient (Wildman–Crippen LogP) is 2.13. The third kappa shape index (κ3) is 3.46. The number of hydrogen-bond donors (Lipinski definition) is 4. The number of amides is 3. The van der Waals surface area contributed by atoms with Crippen molar-refractivity contribution in [3.05, 3.63) is 41.6 Å². The highest BCUT2D eigenvalue weighted by Crippen LogP contribution is 2.27. The monoisotopic (exact) mass is 381 g/mol. The first-order chi connectivity index (χ1) is 13.5. The molecule has 4 N–H and O–H groups in total. The Morgan fingerprint density at radius 3 is 2.82 bits per heavy atom. The van der Waals surface area contributed by atoms with Crippen LogP contribution in [-0.4, -0.2) is 52.2 Å². The van der Waals surface area contributed by atoms with Crippen LogP contribution >= 0.6 is 0 Å². The zero-order chi connectivity index (χ0) is 19.7. The molecule has 0 bridgehead atoms. The number of aromatic nitrogens is 1. The SMILES string of the molecule is O=C(C=CC1CCN(C(=O)O)CC1)Nc1cc2c3c(c[nH]c3c1)C=NNC2=O. The smallest absolute Gasteiger partial charge is 0.407 e. The largest absolute Gasteiger partial charge is 0.465 e. The molecule has 4 rings (SSSR count). The number of hydrazone groups is 1. The fraction of sp³-hybridized carbons (Fsp3) is 0.263. The fourth-order valence-corrected chi connectivity index (χ4v) is 3.56. The van der Waals surface area contributed by atoms with E-state index in [0.717, 1.165) is 16.5 Å². The van der Waals surface area contributed by atoms with Crippen molar-refractivity contribution < 1.29 is 19.5 Å². The van der Waals surface area contributed by atoms with E-state index in [1.807, 2.05) is 6.08 Å². The molecule has 0 spiro atoms. The van der Waals surface area contributed by atoms with Crippen LogP contribution in [0, 0.1) is 5.92 Å². The van der Waals surface area contributed by atoms with Crippen molar-refractivity contribution in [3.63, 3.8) is 0 Å². The Kier molecular flexibility index (Phi) is 4.56. The number of carbonyl (C=O) groups excluding carboxylic acids is 2. The molecule has 1 aromatic carbocycles. The molecule has 144 valence electrons. The van der Waals surface area contributed by atoms with Crippen LogP contribution in [0.1, 0.15) is 28.8 Å². The second kappa shape index (κ2) is 7.18. The maximum absolute atomic E-state index is 12.3. The molecule has 0 radical (unpaired) electrons. The minimum absolute atomic E-state index is 0.169. The summed E-state index contributed by atoms with van der Waals surface area (Å²) in [5.41, 5.74) is 4.91. The van der Waals surface area contributed by atoms with Crippen molar-refractivity contribution in [2.24, 2.45) is 11.0 Å². The lowest BCUT2D eigenvalue weighted by molar-refractivity contribution is -0.111. The summed E-state index contributed by atoms with van der Waals surface area (Å²) in [5, 5.41) is 16.4. The van der Waals surface area contributed by atoms with E-state index in [1.54, 1.807) is 24.5 Å². The number of rotatable bonds is 3. The van der Waals surface area contributed by atoms with Crippen molar-refractivity contribution in [1.82, 2.24) is 15.3 Å². The zero-order valence-corrected chi connectivity index (χ0v) is 14.9. The Morgan fingerprint density at radius 2 is 2.07 bits per heavy atom. The normalized spacial score (nSPS) is 17.0. The number of nitrogens with one attached hydrogen (secondary N) is 3. The van der Waals surface area contributed by atoms with Gasteiger partial charge in [0.05, 0.1) is 11.8 Å². The van der Waals surface area contributed by atoms with Crippen LogP contribution in [-0.2, 0) is 4.79 Å². The van der Waals surface area contributed by atoms with Crippen LogP contribution in [0.2, 0.25) is 0 Å². The third-order valence-electron chi connectivity index (χ3n) is 5.02. The quantitative estimate of drug-likeness (QED) is 0.607. The number of hydrogen-bond acceptors (Lipinski definition) is 4. The van der Waals surface area contributed by atoms with E-state index in [4.69, 9.17) is 5.11 Å². The average molecular weight is 381 g/mol. The molecule has 0 saturated carbocycles. The van der Waals surface area contributed by atoms with E-state index in [-0.39, 0.29) is 17.7 Å². The van der Waals surface area contributed by atoms with Gasteiger partial charge in [0.15, 0.2) is 0 Å². The van der Waals surface area contributed by atoms with Gasteiger partial charge in [-0.3, -0.25) is 9.59 Å². The molecule has 28 heavy (non-hydrogen) atoms. The summed E-state index contributed by atoms with van der Waals surface area (Å²) < 4.78 is 0. The summed E-state index contributed by atoms with van der Waals surface area (Å²) >= 11 is 0. The number of H-pyrrole nitrogens is 1. The van der Waals surface area contributed by atoms with Gasteiger partial charge in [-0.2, -0.15) is 5.10 Å². The standard InChI is InChI=1S/C19H19N5O4/c25-16(2-1-11-3-5-24(6-4-11)19(27)28)22-13-7-14-17-12(9-20-15(17)8-13)10-21-23-18(14)26/h1-2,7-11,20H,3-6H2,(H,22,25)(H,23,26)(H,27,28). The van der Waals surface area contributed by atoms with Gasteiger partial charge in [-0.1, -0.05) is 6.08 Å². The lowest BCUT2D eigenvalue weighted by Crippen LogP contribution is -2.37. The van der Waals surface area contributed by atoms with E-state index in [0.29, 0.717) is 37.2 Å². The van der Waals surface area contributed by atoms with Crippen LogP contribution < -0.4 is 10.7 Å². The first-order valence-electron chi connectivity index (χ1n) is 8.97. The van der Waals surface area contributed by atoms with Crippen LogP contribution in [0.5, 0.6) is 0 Å². The predicted molar refractivity (Wildman–Crippen MR) is 103 cm³/mol. The summed E-state index contributed by atoms with van der Waals surface area (Å²) in [7, 11) is 0. The summed E-state index contributed by atoms with van der Waals surface area (Å²) in [4.78, 5) is 39.9. The molecule has 9 nitrogen and oxygen atoms in total. The number of carbonyl (C=O) groups is 3. The molecule has 1 saturated heterocycles. The minimum Gasteiger partial charge on any atom is -0.465 e. The van der Waals surface area contributed by atoms with Crippen LogP contribution in [0.4, 0.5) is 10.5 Å². The van der Waals surface area contributed by atoms with Crippen molar-refractivity contribution in [1.29, 1.82) is 0 Å². The number of nitrogens with zero attached hydrogens (tertiary/aromatic N) is 2. The summed E-state index contributed by atoms with van der Waals surface area (Å²) in [6.07, 6.45) is 7.09. The number of aromatic amines is 1. The Balaban J connectivity index is 1.45. The van der Waals surface area contributed by atoms with Gasteiger partial charge in [0.2, 0.25) is 5.91 Å². The maximum Gasteiger partial charge on any atom is 0.407 e. The van der Waals surface area contributed by atoms with Crippen molar-refractivity contribution in [2.75, 3.05) is 18.4 Å². The molecule has 1 fully saturated rings. The van der Waals surface area contributed by atoms with E-state index in [2.05, 4.69) is 20.8 Å². The molecule has 0 aliphatic carbocycles. The Morgan fingerprint density at radius 1 is 1.29 bits per heavy atom. The molecule has 9 heteroatoms. The lowest BCUT2D eigenvalue weighted by atomic mass is 9.96. The first kappa shape index (κ1) is 17.8. The Hall–Kier alpha value is -3.62. The van der Waals surface area contributed by atoms with Crippen molar-refractivity contribution in [3.8, 4) is 0 Å². The lowest BCUT2D eigenvalue weighted by Gasteiger charge is -2.28. The second-order valence-corrected chi connectivity index (χ2v) is 6.84. The third-order valence-corrected chi connectivity index (χ3v) is 5.02. The molecular formula is C19H19N5O4. The van der Waals surface area contributed by atoms with E-state index >= 15 is 0 Å². The van der Waals surface area contributed by atoms with E-state index in [9.17, 15) is 14.4 Å². The van der Waals surface area contributed by atoms with Crippen molar-refractivity contribution >= 4 is 40.7 Å². The summed E-state index contributed by atoms with van der Waals surface area (Å²) in [6.45, 7) is 0.941. The molecular weight excluding hydrogens is 362 g/mol. The van der Waals surface area contributed by atoms with E-state index in [1.165, 1.54) is 11.0 Å². The van der Waals surface area contributed by atoms with Crippen LogP contribution in [0.15, 0.2) is 35.6 Å². The Labute approximate surface area is 160 Å². The van der Waals surface area contributed by atoms with Crippen molar-refractivity contribution in [2.45, 2.75) is 12.8 Å². The average Bonchev–Trinajstić information content (AvgIpc) is 3.01. The summed E-state index contributed by atoms with van der Waals surface area (Å²) in [5.74, 6) is -0.469. The first-order valence-corrected chi connectivity index (χ1v) is 8.97. The van der Waals surface area contributed by atoms with Gasteiger partial charge in [-0.25, -0.2) is 10.2 Å². The Bertz CT molecular complexity index is 1010. The van der Waals surface area contributed by atoms with Gasteiger partial charge < -0.3 is 20.3 Å². The number of allylic oxidation sites excluding steroid dienone is 1. The molecule has 2 aromatic rings. The topological polar surface area (TPSA) is 127 Å². The van der Waals surface area contributed by atoms with Gasteiger partial charge in [0, 0.05) is 41.4 Å². The van der Waals surface area contributed by atoms with Gasteiger partial charge in [0.1, 0.15) is 0 Å². The van der Waals surface area contributed by atoms with Gasteiger partial charge in [-0.05, 0) is 37.0 Å². The van der Waals surface area contributed by atoms with Crippen LogP contribution in [0.25, 0.3) is 10.9 Å². The maximum atomic E-state index is 12.3. The highest BCUT2D eigenvalue weighted by atomic mass is 16.4.